The third-order valence-electron chi connectivity index (χ3n) is 6.77. The van der Waals surface area contributed by atoms with Crippen LogP contribution in [0.5, 0.6) is 0 Å². The van der Waals surface area contributed by atoms with Crippen molar-refractivity contribution in [2.24, 2.45) is 0 Å². The lowest BCUT2D eigenvalue weighted by molar-refractivity contribution is -0.143. The fourth-order valence-electron chi connectivity index (χ4n) is 4.82. The molecule has 1 fully saturated rings. The Morgan fingerprint density at radius 1 is 0.769 bits per heavy atom. The van der Waals surface area contributed by atoms with Crippen LogP contribution in [0.4, 0.5) is 26.3 Å². The number of alkyl halides is 6. The maximum absolute atomic E-state index is 13.5. The van der Waals surface area contributed by atoms with Crippen LogP contribution in [0, 0.1) is 0 Å². The number of carbonyl (C=O) groups excluding carboxylic acids is 1. The second-order valence-corrected chi connectivity index (χ2v) is 9.32. The maximum atomic E-state index is 13.5. The van der Waals surface area contributed by atoms with Gasteiger partial charge in [0.25, 0.3) is 5.91 Å². The maximum Gasteiger partial charge on any atom is 0.416 e. The van der Waals surface area contributed by atoms with Crippen LogP contribution >= 0.6 is 0 Å². The van der Waals surface area contributed by atoms with Crippen LogP contribution in [0.3, 0.4) is 0 Å². The summed E-state index contributed by atoms with van der Waals surface area (Å²) in [4.78, 5) is 23.3. The van der Waals surface area contributed by atoms with E-state index >= 15 is 0 Å². The summed E-state index contributed by atoms with van der Waals surface area (Å²) >= 11 is 0. The molecule has 0 bridgehead atoms. The van der Waals surface area contributed by atoms with Crippen molar-refractivity contribution in [2.45, 2.75) is 24.7 Å². The van der Waals surface area contributed by atoms with Crippen molar-refractivity contribution in [3.8, 4) is 22.3 Å². The molecule has 1 aliphatic heterocycles. The summed E-state index contributed by atoms with van der Waals surface area (Å²) in [6, 6.07) is 12.8. The monoisotopic (exact) mass is 541 g/mol. The van der Waals surface area contributed by atoms with Gasteiger partial charge in [-0.2, -0.15) is 26.3 Å². The lowest BCUT2D eigenvalue weighted by Crippen LogP contribution is -2.28. The minimum absolute atomic E-state index is 0.0944. The van der Waals surface area contributed by atoms with Gasteiger partial charge in [0.05, 0.1) is 11.1 Å². The number of amides is 1. The Morgan fingerprint density at radius 3 is 2.03 bits per heavy atom. The zero-order chi connectivity index (χ0) is 27.8. The number of benzene rings is 2. The molecule has 1 atom stereocenters. The van der Waals surface area contributed by atoms with Crippen molar-refractivity contribution >= 4 is 5.91 Å². The Labute approximate surface area is 220 Å². The summed E-state index contributed by atoms with van der Waals surface area (Å²) in [6.45, 7) is 0.974. The molecule has 1 saturated heterocycles. The van der Waals surface area contributed by atoms with Crippen molar-refractivity contribution in [2.75, 3.05) is 13.1 Å². The third kappa shape index (κ3) is 5.64. The minimum Gasteiger partial charge on any atom is -0.338 e. The molecule has 0 saturated carbocycles. The molecular formula is C29H21F6N3O. The summed E-state index contributed by atoms with van der Waals surface area (Å²) in [5, 5.41) is 0. The van der Waals surface area contributed by atoms with Gasteiger partial charge in [0.2, 0.25) is 0 Å². The number of hydrogen-bond donors (Lipinski definition) is 0. The lowest BCUT2D eigenvalue weighted by atomic mass is 9.91. The van der Waals surface area contributed by atoms with Gasteiger partial charge in [-0.05, 0) is 71.1 Å². The molecule has 3 heterocycles. The molecule has 0 spiro atoms. The summed E-state index contributed by atoms with van der Waals surface area (Å²) < 4.78 is 81.2. The molecule has 2 aromatic heterocycles. The summed E-state index contributed by atoms with van der Waals surface area (Å²) in [7, 11) is 0. The van der Waals surface area contributed by atoms with Crippen molar-refractivity contribution < 1.29 is 31.1 Å². The van der Waals surface area contributed by atoms with E-state index in [0.29, 0.717) is 36.3 Å². The first-order valence-corrected chi connectivity index (χ1v) is 12.0. The van der Waals surface area contributed by atoms with Crippen LogP contribution in [-0.4, -0.2) is 33.9 Å². The Bertz CT molecular complexity index is 1450. The normalized spacial score (nSPS) is 15.9. The van der Waals surface area contributed by atoms with Crippen molar-refractivity contribution in [1.29, 1.82) is 0 Å². The quantitative estimate of drug-likeness (QED) is 0.252. The van der Waals surface area contributed by atoms with E-state index in [0.717, 1.165) is 12.0 Å². The smallest absolute Gasteiger partial charge is 0.338 e. The first kappa shape index (κ1) is 26.4. The van der Waals surface area contributed by atoms with Crippen LogP contribution in [0.1, 0.15) is 39.4 Å². The Morgan fingerprint density at radius 2 is 1.44 bits per heavy atom. The standard InChI is InChI=1S/C29H21F6N3O/c30-28(31,32)23-11-22(12-24(14-23)29(33,34)35)25-6-5-18(13-26(25)20-4-2-9-37-16-20)27(39)38-10-7-21(17-38)19-3-1-8-36-15-19/h1-6,8-9,11-16,21H,7,10,17H2. The summed E-state index contributed by atoms with van der Waals surface area (Å²) in [5.74, 6) is -0.163. The van der Waals surface area contributed by atoms with Gasteiger partial charge < -0.3 is 4.90 Å². The predicted octanol–water partition coefficient (Wildman–Crippen LogP) is 7.48. The van der Waals surface area contributed by atoms with E-state index in [2.05, 4.69) is 9.97 Å². The first-order chi connectivity index (χ1) is 18.5. The Kier molecular flexibility index (Phi) is 6.88. The minimum atomic E-state index is -4.99. The third-order valence-corrected chi connectivity index (χ3v) is 6.77. The number of nitrogens with zero attached hydrogens (tertiary/aromatic N) is 3. The SMILES string of the molecule is O=C(c1ccc(-c2cc(C(F)(F)F)cc(C(F)(F)F)c2)c(-c2cccnc2)c1)N1CCC(c2cccnc2)C1. The van der Waals surface area contributed by atoms with E-state index in [1.165, 1.54) is 30.6 Å². The second-order valence-electron chi connectivity index (χ2n) is 9.32. The van der Waals surface area contributed by atoms with Crippen molar-refractivity contribution in [3.05, 3.63) is 108 Å². The zero-order valence-electron chi connectivity index (χ0n) is 20.3. The van der Waals surface area contributed by atoms with Crippen LogP contribution < -0.4 is 0 Å². The molecule has 1 unspecified atom stereocenters. The van der Waals surface area contributed by atoms with E-state index in [-0.39, 0.29) is 34.6 Å². The number of rotatable bonds is 4. The average Bonchev–Trinajstić information content (AvgIpc) is 3.43. The van der Waals surface area contributed by atoms with E-state index in [1.807, 2.05) is 12.1 Å². The second kappa shape index (κ2) is 10.2. The van der Waals surface area contributed by atoms with E-state index in [4.69, 9.17) is 0 Å². The highest BCUT2D eigenvalue weighted by Gasteiger charge is 2.37. The van der Waals surface area contributed by atoms with Crippen LogP contribution in [0.2, 0.25) is 0 Å². The summed E-state index contributed by atoms with van der Waals surface area (Å²) in [5.41, 5.74) is -0.950. The van der Waals surface area contributed by atoms with Crippen LogP contribution in [-0.2, 0) is 12.4 Å². The number of carbonyl (C=O) groups is 1. The molecule has 5 rings (SSSR count). The highest BCUT2D eigenvalue weighted by atomic mass is 19.4. The van der Waals surface area contributed by atoms with Gasteiger partial charge in [-0.15, -0.1) is 0 Å². The van der Waals surface area contributed by atoms with E-state index in [1.54, 1.807) is 29.4 Å². The first-order valence-electron chi connectivity index (χ1n) is 12.0. The van der Waals surface area contributed by atoms with Gasteiger partial charge in [0.15, 0.2) is 0 Å². The van der Waals surface area contributed by atoms with Gasteiger partial charge >= 0.3 is 12.4 Å². The number of halogens is 6. The fraction of sp³-hybridized carbons (Fsp3) is 0.207. The van der Waals surface area contributed by atoms with Gasteiger partial charge in [0, 0.05) is 54.9 Å². The van der Waals surface area contributed by atoms with Crippen molar-refractivity contribution in [3.63, 3.8) is 0 Å². The topological polar surface area (TPSA) is 46.1 Å². The van der Waals surface area contributed by atoms with Crippen LogP contribution in [0.15, 0.2) is 85.5 Å². The molecule has 39 heavy (non-hydrogen) atoms. The molecule has 10 heteroatoms. The molecule has 0 aliphatic carbocycles. The van der Waals surface area contributed by atoms with Crippen molar-refractivity contribution in [1.82, 2.24) is 14.9 Å². The number of pyridine rings is 2. The molecule has 4 aromatic rings. The average molecular weight is 541 g/mol. The van der Waals surface area contributed by atoms with Gasteiger partial charge in [-0.1, -0.05) is 18.2 Å². The Balaban J connectivity index is 1.56. The molecule has 0 N–H and O–H groups in total. The molecule has 1 aliphatic rings. The molecule has 4 nitrogen and oxygen atoms in total. The van der Waals surface area contributed by atoms with E-state index < -0.39 is 23.5 Å². The highest BCUT2D eigenvalue weighted by molar-refractivity contribution is 5.98. The highest BCUT2D eigenvalue weighted by Crippen LogP contribution is 2.41. The zero-order valence-corrected chi connectivity index (χ0v) is 20.3. The van der Waals surface area contributed by atoms with Gasteiger partial charge in [-0.3, -0.25) is 14.8 Å². The lowest BCUT2D eigenvalue weighted by Gasteiger charge is -2.19. The predicted molar refractivity (Wildman–Crippen MR) is 133 cm³/mol. The summed E-state index contributed by atoms with van der Waals surface area (Å²) in [6.07, 6.45) is -2.85. The van der Waals surface area contributed by atoms with Gasteiger partial charge in [0.1, 0.15) is 0 Å². The molecule has 0 radical (unpaired) electrons. The molecule has 1 amide bonds. The molecule has 200 valence electrons. The Hall–Kier alpha value is -4.21. The number of aromatic nitrogens is 2. The van der Waals surface area contributed by atoms with Gasteiger partial charge in [-0.25, -0.2) is 0 Å². The largest absolute Gasteiger partial charge is 0.416 e. The molecule has 2 aromatic carbocycles. The number of hydrogen-bond acceptors (Lipinski definition) is 3. The molecular weight excluding hydrogens is 520 g/mol. The number of likely N-dealkylation sites (tertiary alicyclic amines) is 1. The van der Waals surface area contributed by atoms with Crippen LogP contribution in [0.25, 0.3) is 22.3 Å². The fourth-order valence-corrected chi connectivity index (χ4v) is 4.82. The van der Waals surface area contributed by atoms with E-state index in [9.17, 15) is 31.1 Å².